The van der Waals surface area contributed by atoms with Crippen molar-refractivity contribution in [3.8, 4) is 0 Å². The van der Waals surface area contributed by atoms with E-state index >= 15 is 0 Å². The van der Waals surface area contributed by atoms with Gasteiger partial charge in [0.25, 0.3) is 0 Å². The van der Waals surface area contributed by atoms with Gasteiger partial charge in [-0.05, 0) is 82.6 Å². The number of hydrogen-bond acceptors (Lipinski definition) is 4. The standard InChI is InChI=1S/C31H41FN4O4/c1-31(2,3)40-30(39)34-26(18-7-5-4-6-8-18)29(38)35-14-13-25-27(35)23(17-36(25)28(37)19-9-10-19)22-16-33-24-15-20(32)11-12-21(22)24/h11-12,15-16,18-19,23,25-27,33H,4-10,13-14,17H2,1-3H3,(H,34,39)/t23-,25-,26?,27-/m1/s1. The van der Waals surface area contributed by atoms with Crippen LogP contribution in [0.4, 0.5) is 9.18 Å². The molecule has 4 atom stereocenters. The number of ether oxygens (including phenoxy) is 1. The van der Waals surface area contributed by atoms with E-state index in [2.05, 4.69) is 10.3 Å². The number of aromatic amines is 1. The zero-order valence-corrected chi connectivity index (χ0v) is 23.7. The van der Waals surface area contributed by atoms with Crippen LogP contribution in [0.1, 0.15) is 83.6 Å². The van der Waals surface area contributed by atoms with Gasteiger partial charge in [0.15, 0.2) is 0 Å². The van der Waals surface area contributed by atoms with Crippen molar-refractivity contribution < 1.29 is 23.5 Å². The number of aromatic nitrogens is 1. The summed E-state index contributed by atoms with van der Waals surface area (Å²) in [5.41, 5.74) is 1.05. The van der Waals surface area contributed by atoms with Crippen molar-refractivity contribution >= 4 is 28.8 Å². The van der Waals surface area contributed by atoms with Gasteiger partial charge in [-0.1, -0.05) is 19.3 Å². The first-order valence-corrected chi connectivity index (χ1v) is 15.0. The molecule has 0 radical (unpaired) electrons. The number of alkyl carbamates (subject to hydrolysis) is 1. The molecule has 6 rings (SSSR count). The predicted octanol–water partition coefficient (Wildman–Crippen LogP) is 5.09. The predicted molar refractivity (Wildman–Crippen MR) is 149 cm³/mol. The maximum atomic E-state index is 14.4. The van der Waals surface area contributed by atoms with Gasteiger partial charge in [-0.3, -0.25) is 9.59 Å². The van der Waals surface area contributed by atoms with Gasteiger partial charge in [0.05, 0.1) is 12.1 Å². The lowest BCUT2D eigenvalue weighted by atomic mass is 9.83. The lowest BCUT2D eigenvalue weighted by Crippen LogP contribution is -2.55. The van der Waals surface area contributed by atoms with Crippen LogP contribution in [-0.4, -0.2) is 69.5 Å². The average Bonchev–Trinajstić information content (AvgIpc) is 3.38. The van der Waals surface area contributed by atoms with E-state index in [1.165, 1.54) is 12.1 Å². The smallest absolute Gasteiger partial charge is 0.408 e. The molecule has 2 N–H and O–H groups in total. The fourth-order valence-electron chi connectivity index (χ4n) is 7.33. The molecule has 3 heterocycles. The SMILES string of the molecule is CC(C)(C)OC(=O)NC(C(=O)N1CC[C@@H]2[C@H]1[C@@H](c1c[nH]c3cc(F)ccc13)CN2C(=O)C1CC1)C1CCCCC1. The molecule has 2 aliphatic heterocycles. The first-order chi connectivity index (χ1) is 19.1. The molecule has 2 saturated heterocycles. The third-order valence-corrected chi connectivity index (χ3v) is 9.25. The van der Waals surface area contributed by atoms with E-state index in [0.29, 0.717) is 25.0 Å². The number of nitrogens with zero attached hydrogens (tertiary/aromatic N) is 2. The van der Waals surface area contributed by atoms with Gasteiger partial charge in [0.1, 0.15) is 17.5 Å². The second kappa shape index (κ2) is 10.4. The van der Waals surface area contributed by atoms with E-state index in [1.54, 1.807) is 6.07 Å². The summed E-state index contributed by atoms with van der Waals surface area (Å²) in [5, 5.41) is 3.88. The highest BCUT2D eigenvalue weighted by molar-refractivity contribution is 5.89. The van der Waals surface area contributed by atoms with E-state index in [4.69, 9.17) is 4.74 Å². The molecule has 0 spiro atoms. The Kier molecular flexibility index (Phi) is 7.03. The number of benzene rings is 1. The summed E-state index contributed by atoms with van der Waals surface area (Å²) in [5.74, 6) is -0.169. The average molecular weight is 553 g/mol. The highest BCUT2D eigenvalue weighted by atomic mass is 19.1. The van der Waals surface area contributed by atoms with Gasteiger partial charge in [0.2, 0.25) is 11.8 Å². The Morgan fingerprint density at radius 3 is 2.50 bits per heavy atom. The Labute approximate surface area is 235 Å². The Morgan fingerprint density at radius 2 is 1.80 bits per heavy atom. The number of nitrogens with one attached hydrogen (secondary N) is 2. The highest BCUT2D eigenvalue weighted by Gasteiger charge is 2.55. The van der Waals surface area contributed by atoms with E-state index in [0.717, 1.165) is 55.9 Å². The van der Waals surface area contributed by atoms with Crippen molar-refractivity contribution in [2.24, 2.45) is 11.8 Å². The summed E-state index contributed by atoms with van der Waals surface area (Å²) in [6, 6.07) is 3.79. The zero-order valence-electron chi connectivity index (χ0n) is 23.7. The molecule has 2 saturated carbocycles. The lowest BCUT2D eigenvalue weighted by molar-refractivity contribution is -0.137. The molecule has 4 aliphatic rings. The number of amides is 3. The fourth-order valence-corrected chi connectivity index (χ4v) is 7.33. The van der Waals surface area contributed by atoms with Crippen molar-refractivity contribution in [1.82, 2.24) is 20.1 Å². The molecule has 0 bridgehead atoms. The van der Waals surface area contributed by atoms with Gasteiger partial charge >= 0.3 is 6.09 Å². The number of hydrogen-bond donors (Lipinski definition) is 2. The van der Waals surface area contributed by atoms with Gasteiger partial charge in [-0.2, -0.15) is 0 Å². The van der Waals surface area contributed by atoms with Crippen LogP contribution in [0.5, 0.6) is 0 Å². The van der Waals surface area contributed by atoms with Crippen LogP contribution in [0.3, 0.4) is 0 Å². The van der Waals surface area contributed by atoms with Crippen LogP contribution in [0.15, 0.2) is 24.4 Å². The minimum atomic E-state index is -0.669. The molecule has 2 aromatic rings. The highest BCUT2D eigenvalue weighted by Crippen LogP contribution is 2.46. The largest absolute Gasteiger partial charge is 0.444 e. The number of halogens is 1. The summed E-state index contributed by atoms with van der Waals surface area (Å²) in [7, 11) is 0. The fraction of sp³-hybridized carbons (Fsp3) is 0.645. The molecule has 2 aliphatic carbocycles. The van der Waals surface area contributed by atoms with Crippen LogP contribution in [0.25, 0.3) is 10.9 Å². The van der Waals surface area contributed by atoms with Gasteiger partial charge < -0.3 is 24.8 Å². The van der Waals surface area contributed by atoms with Gasteiger partial charge in [0, 0.05) is 42.0 Å². The molecule has 40 heavy (non-hydrogen) atoms. The minimum absolute atomic E-state index is 0.0490. The summed E-state index contributed by atoms with van der Waals surface area (Å²) in [6.07, 6.45) is 8.89. The summed E-state index contributed by atoms with van der Waals surface area (Å²) in [6.45, 7) is 6.52. The van der Waals surface area contributed by atoms with Crippen LogP contribution in [0.2, 0.25) is 0 Å². The molecular weight excluding hydrogens is 511 g/mol. The van der Waals surface area contributed by atoms with Crippen LogP contribution >= 0.6 is 0 Å². The first-order valence-electron chi connectivity index (χ1n) is 15.0. The molecule has 1 aromatic carbocycles. The molecule has 3 amide bonds. The summed E-state index contributed by atoms with van der Waals surface area (Å²) < 4.78 is 19.5. The number of likely N-dealkylation sites (tertiary alicyclic amines) is 2. The quantitative estimate of drug-likeness (QED) is 0.541. The third kappa shape index (κ3) is 5.19. The second-order valence-corrected chi connectivity index (χ2v) is 13.2. The first kappa shape index (κ1) is 27.1. The van der Waals surface area contributed by atoms with Crippen LogP contribution in [0, 0.1) is 17.7 Å². The van der Waals surface area contributed by atoms with Crippen LogP contribution in [-0.2, 0) is 14.3 Å². The molecule has 1 aromatic heterocycles. The van der Waals surface area contributed by atoms with Crippen molar-refractivity contribution in [3.05, 3.63) is 35.8 Å². The Morgan fingerprint density at radius 1 is 1.05 bits per heavy atom. The molecule has 9 heteroatoms. The molecular formula is C31H41FN4O4. The number of H-pyrrole nitrogens is 1. The van der Waals surface area contributed by atoms with Crippen LogP contribution < -0.4 is 5.32 Å². The molecule has 4 fully saturated rings. The van der Waals surface area contributed by atoms with E-state index in [-0.39, 0.29) is 47.5 Å². The Hall–Kier alpha value is -3.10. The Balaban J connectivity index is 1.33. The van der Waals surface area contributed by atoms with E-state index in [9.17, 15) is 18.8 Å². The van der Waals surface area contributed by atoms with Crippen molar-refractivity contribution in [1.29, 1.82) is 0 Å². The summed E-state index contributed by atoms with van der Waals surface area (Å²) >= 11 is 0. The summed E-state index contributed by atoms with van der Waals surface area (Å²) in [4.78, 5) is 47.9. The van der Waals surface area contributed by atoms with Crippen molar-refractivity contribution in [2.45, 2.75) is 102 Å². The topological polar surface area (TPSA) is 94.7 Å². The third-order valence-electron chi connectivity index (χ3n) is 9.25. The van der Waals surface area contributed by atoms with Crippen molar-refractivity contribution in [3.63, 3.8) is 0 Å². The monoisotopic (exact) mass is 552 g/mol. The Bertz CT molecular complexity index is 1290. The van der Waals surface area contributed by atoms with Gasteiger partial charge in [-0.25, -0.2) is 9.18 Å². The van der Waals surface area contributed by atoms with Crippen molar-refractivity contribution in [2.75, 3.05) is 13.1 Å². The van der Waals surface area contributed by atoms with Gasteiger partial charge in [-0.15, -0.1) is 0 Å². The second-order valence-electron chi connectivity index (χ2n) is 13.2. The lowest BCUT2D eigenvalue weighted by Gasteiger charge is -2.36. The number of fused-ring (bicyclic) bond motifs is 2. The zero-order chi connectivity index (χ0) is 28.2. The number of carbonyl (C=O) groups excluding carboxylic acids is 3. The number of rotatable bonds is 5. The van der Waals surface area contributed by atoms with E-state index < -0.39 is 17.7 Å². The molecule has 8 nitrogen and oxygen atoms in total. The maximum Gasteiger partial charge on any atom is 0.408 e. The maximum absolute atomic E-state index is 14.4. The number of carbonyl (C=O) groups is 3. The molecule has 1 unspecified atom stereocenters. The molecule has 216 valence electrons. The van der Waals surface area contributed by atoms with E-state index in [1.807, 2.05) is 36.8 Å². The normalized spacial score (nSPS) is 26.1. The minimum Gasteiger partial charge on any atom is -0.444 e.